The molecule has 0 radical (unpaired) electrons. The SMILES string of the molecule is Cc1ccc(NC(=O)c2csc(Br)c2)cc1/C=C/C(=O)O. The number of carbonyl (C=O) groups is 2. The highest BCUT2D eigenvalue weighted by Gasteiger charge is 2.09. The zero-order chi connectivity index (χ0) is 15.4. The van der Waals surface area contributed by atoms with Gasteiger partial charge in [-0.15, -0.1) is 11.3 Å². The average Bonchev–Trinajstić information content (AvgIpc) is 2.86. The molecule has 108 valence electrons. The standard InChI is InChI=1S/C15H12BrNO3S/c1-9-2-4-12(6-10(9)3-5-14(18)19)17-15(20)11-7-13(16)21-8-11/h2-8H,1H3,(H,17,20)(H,18,19)/b5-3+. The number of aryl methyl sites for hydroxylation is 1. The van der Waals surface area contributed by atoms with Crippen LogP contribution in [0, 0.1) is 6.92 Å². The van der Waals surface area contributed by atoms with Crippen molar-refractivity contribution in [2.24, 2.45) is 0 Å². The van der Waals surface area contributed by atoms with Crippen LogP contribution < -0.4 is 5.32 Å². The third kappa shape index (κ3) is 4.27. The Balaban J connectivity index is 2.19. The van der Waals surface area contributed by atoms with Gasteiger partial charge in [0.15, 0.2) is 0 Å². The number of anilines is 1. The topological polar surface area (TPSA) is 66.4 Å². The van der Waals surface area contributed by atoms with E-state index in [1.54, 1.807) is 23.6 Å². The van der Waals surface area contributed by atoms with E-state index in [9.17, 15) is 9.59 Å². The number of carbonyl (C=O) groups excluding carboxylic acids is 1. The summed E-state index contributed by atoms with van der Waals surface area (Å²) in [5, 5.41) is 13.2. The number of benzene rings is 1. The van der Waals surface area contributed by atoms with Gasteiger partial charge in [-0.25, -0.2) is 4.79 Å². The molecule has 1 heterocycles. The van der Waals surface area contributed by atoms with Gasteiger partial charge in [0.1, 0.15) is 0 Å². The summed E-state index contributed by atoms with van der Waals surface area (Å²) in [6.07, 6.45) is 2.58. The van der Waals surface area contributed by atoms with E-state index in [1.807, 2.05) is 13.0 Å². The van der Waals surface area contributed by atoms with E-state index in [0.29, 0.717) is 11.3 Å². The number of halogens is 1. The zero-order valence-electron chi connectivity index (χ0n) is 11.1. The van der Waals surface area contributed by atoms with Crippen LogP contribution in [0.5, 0.6) is 0 Å². The van der Waals surface area contributed by atoms with Crippen LogP contribution in [0.15, 0.2) is 39.5 Å². The van der Waals surface area contributed by atoms with Crippen LogP contribution in [0.1, 0.15) is 21.5 Å². The van der Waals surface area contributed by atoms with Crippen molar-refractivity contribution in [3.63, 3.8) is 0 Å². The van der Waals surface area contributed by atoms with Gasteiger partial charge in [0.05, 0.1) is 9.35 Å². The first kappa shape index (κ1) is 15.5. The van der Waals surface area contributed by atoms with Crippen LogP contribution in [-0.2, 0) is 4.79 Å². The van der Waals surface area contributed by atoms with Crippen LogP contribution in [-0.4, -0.2) is 17.0 Å². The Morgan fingerprint density at radius 2 is 2.10 bits per heavy atom. The molecule has 0 aliphatic carbocycles. The van der Waals surface area contributed by atoms with Crippen molar-refractivity contribution in [2.45, 2.75) is 6.92 Å². The molecule has 4 nitrogen and oxygen atoms in total. The van der Waals surface area contributed by atoms with Crippen LogP contribution in [0.2, 0.25) is 0 Å². The number of hydrogen-bond acceptors (Lipinski definition) is 3. The molecule has 1 amide bonds. The van der Waals surface area contributed by atoms with Crippen molar-refractivity contribution in [1.29, 1.82) is 0 Å². The van der Waals surface area contributed by atoms with E-state index in [4.69, 9.17) is 5.11 Å². The monoisotopic (exact) mass is 365 g/mol. The van der Waals surface area contributed by atoms with Crippen molar-refractivity contribution in [3.8, 4) is 0 Å². The molecule has 0 aliphatic heterocycles. The Hall–Kier alpha value is -1.92. The third-order valence-corrected chi connectivity index (χ3v) is 4.28. The fraction of sp³-hybridized carbons (Fsp3) is 0.0667. The lowest BCUT2D eigenvalue weighted by Gasteiger charge is -2.07. The lowest BCUT2D eigenvalue weighted by atomic mass is 10.1. The quantitative estimate of drug-likeness (QED) is 0.799. The summed E-state index contributed by atoms with van der Waals surface area (Å²) in [4.78, 5) is 22.6. The lowest BCUT2D eigenvalue weighted by molar-refractivity contribution is -0.131. The molecule has 2 N–H and O–H groups in total. The Morgan fingerprint density at radius 3 is 2.71 bits per heavy atom. The molecule has 0 fully saturated rings. The molecule has 0 unspecified atom stereocenters. The van der Waals surface area contributed by atoms with Crippen molar-refractivity contribution in [3.05, 3.63) is 56.2 Å². The Labute approximate surface area is 134 Å². The first-order valence-corrected chi connectivity index (χ1v) is 7.70. The van der Waals surface area contributed by atoms with Gasteiger partial charge < -0.3 is 10.4 Å². The number of thiophene rings is 1. The number of carboxylic acids is 1. The van der Waals surface area contributed by atoms with Crippen LogP contribution in [0.3, 0.4) is 0 Å². The minimum atomic E-state index is -1.01. The van der Waals surface area contributed by atoms with E-state index in [0.717, 1.165) is 21.0 Å². The second kappa shape index (κ2) is 6.69. The van der Waals surface area contributed by atoms with Gasteiger partial charge >= 0.3 is 5.97 Å². The van der Waals surface area contributed by atoms with Gasteiger partial charge in [-0.2, -0.15) is 0 Å². The molecule has 0 saturated heterocycles. The maximum absolute atomic E-state index is 12.1. The van der Waals surface area contributed by atoms with Gasteiger partial charge in [0.2, 0.25) is 0 Å². The Morgan fingerprint density at radius 1 is 1.33 bits per heavy atom. The highest BCUT2D eigenvalue weighted by Crippen LogP contribution is 2.22. The fourth-order valence-corrected chi connectivity index (χ4v) is 2.83. The second-order valence-corrected chi connectivity index (χ2v) is 6.63. The van der Waals surface area contributed by atoms with Crippen molar-refractivity contribution in [2.75, 3.05) is 5.32 Å². The van der Waals surface area contributed by atoms with E-state index >= 15 is 0 Å². The molecule has 21 heavy (non-hydrogen) atoms. The van der Waals surface area contributed by atoms with Gasteiger partial charge in [-0.05, 0) is 58.3 Å². The molecule has 0 aliphatic rings. The van der Waals surface area contributed by atoms with E-state index in [-0.39, 0.29) is 5.91 Å². The Bertz CT molecular complexity index is 721. The molecular formula is C15H12BrNO3S. The molecule has 2 rings (SSSR count). The number of hydrogen-bond donors (Lipinski definition) is 2. The molecule has 1 aromatic heterocycles. The predicted octanol–water partition coefficient (Wildman–Crippen LogP) is 4.17. The summed E-state index contributed by atoms with van der Waals surface area (Å²) < 4.78 is 0.890. The first-order chi connectivity index (χ1) is 9.95. The smallest absolute Gasteiger partial charge is 0.328 e. The highest BCUT2D eigenvalue weighted by molar-refractivity contribution is 9.11. The molecule has 0 spiro atoms. The zero-order valence-corrected chi connectivity index (χ0v) is 13.5. The highest BCUT2D eigenvalue weighted by atomic mass is 79.9. The fourth-order valence-electron chi connectivity index (χ4n) is 1.69. The van der Waals surface area contributed by atoms with Crippen molar-refractivity contribution >= 4 is 50.9 Å². The minimum absolute atomic E-state index is 0.200. The summed E-state index contributed by atoms with van der Waals surface area (Å²) in [7, 11) is 0. The maximum atomic E-state index is 12.1. The molecule has 6 heteroatoms. The largest absolute Gasteiger partial charge is 0.478 e. The van der Waals surface area contributed by atoms with Crippen LogP contribution in [0.25, 0.3) is 6.08 Å². The predicted molar refractivity (Wildman–Crippen MR) is 87.8 cm³/mol. The summed E-state index contributed by atoms with van der Waals surface area (Å²) in [6.45, 7) is 1.88. The van der Waals surface area contributed by atoms with Gasteiger partial charge in [0.25, 0.3) is 5.91 Å². The van der Waals surface area contributed by atoms with E-state index < -0.39 is 5.97 Å². The normalized spacial score (nSPS) is 10.8. The molecule has 0 bridgehead atoms. The minimum Gasteiger partial charge on any atom is -0.478 e. The molecule has 0 saturated carbocycles. The summed E-state index contributed by atoms with van der Waals surface area (Å²) in [5.41, 5.74) is 2.89. The summed E-state index contributed by atoms with van der Waals surface area (Å²) in [6, 6.07) is 7.11. The van der Waals surface area contributed by atoms with Crippen molar-refractivity contribution in [1.82, 2.24) is 0 Å². The summed E-state index contributed by atoms with van der Waals surface area (Å²) >= 11 is 4.75. The number of rotatable bonds is 4. The van der Waals surface area contributed by atoms with Gasteiger partial charge in [-0.1, -0.05) is 6.07 Å². The lowest BCUT2D eigenvalue weighted by Crippen LogP contribution is -2.10. The maximum Gasteiger partial charge on any atom is 0.328 e. The van der Waals surface area contributed by atoms with Crippen LogP contribution in [0.4, 0.5) is 5.69 Å². The number of amides is 1. The molecular weight excluding hydrogens is 354 g/mol. The molecule has 2 aromatic rings. The third-order valence-electron chi connectivity index (χ3n) is 2.77. The van der Waals surface area contributed by atoms with Crippen molar-refractivity contribution < 1.29 is 14.7 Å². The number of aliphatic carboxylic acids is 1. The number of nitrogens with one attached hydrogen (secondary N) is 1. The molecule has 0 atom stereocenters. The Kier molecular flexibility index (Phi) is 4.93. The first-order valence-electron chi connectivity index (χ1n) is 6.03. The van der Waals surface area contributed by atoms with Gasteiger partial charge in [-0.3, -0.25) is 4.79 Å². The van der Waals surface area contributed by atoms with E-state index in [2.05, 4.69) is 21.2 Å². The summed E-state index contributed by atoms with van der Waals surface area (Å²) in [5.74, 6) is -1.21. The second-order valence-electron chi connectivity index (χ2n) is 4.34. The molecule has 1 aromatic carbocycles. The van der Waals surface area contributed by atoms with Crippen LogP contribution >= 0.6 is 27.3 Å². The number of carboxylic acid groups (broad SMARTS) is 1. The average molecular weight is 366 g/mol. The van der Waals surface area contributed by atoms with Gasteiger partial charge in [0, 0.05) is 17.1 Å². The van der Waals surface area contributed by atoms with E-state index in [1.165, 1.54) is 17.4 Å².